The number of hydrogen-bond acceptors (Lipinski definition) is 3. The summed E-state index contributed by atoms with van der Waals surface area (Å²) in [6.07, 6.45) is -0.553. The van der Waals surface area contributed by atoms with Crippen LogP contribution in [0.3, 0.4) is 0 Å². The van der Waals surface area contributed by atoms with Gasteiger partial charge in [-0.2, -0.15) is 0 Å². The van der Waals surface area contributed by atoms with E-state index in [0.717, 1.165) is 6.07 Å². The summed E-state index contributed by atoms with van der Waals surface area (Å²) in [5, 5.41) is 11.4. The predicted octanol–water partition coefficient (Wildman–Crippen LogP) is 1.73. The lowest BCUT2D eigenvalue weighted by Gasteiger charge is -2.08. The van der Waals surface area contributed by atoms with Crippen molar-refractivity contribution in [2.75, 3.05) is 6.61 Å². The number of phenols is 1. The summed E-state index contributed by atoms with van der Waals surface area (Å²) < 4.78 is 17.9. The van der Waals surface area contributed by atoms with Crippen molar-refractivity contribution < 1.29 is 19.0 Å². The number of halogens is 2. The minimum absolute atomic E-state index is 0. The summed E-state index contributed by atoms with van der Waals surface area (Å²) in [6.45, 7) is 0.112. The molecule has 1 heterocycles. The summed E-state index contributed by atoms with van der Waals surface area (Å²) in [4.78, 5) is 10.7. The molecule has 1 amide bonds. The highest BCUT2D eigenvalue weighted by Crippen LogP contribution is 2.23. The molecule has 0 radical (unpaired) electrons. The van der Waals surface area contributed by atoms with Crippen molar-refractivity contribution >= 4 is 18.5 Å². The minimum atomic E-state index is -0.555. The van der Waals surface area contributed by atoms with Crippen LogP contribution in [-0.4, -0.2) is 17.8 Å². The second kappa shape index (κ2) is 4.35. The highest BCUT2D eigenvalue weighted by atomic mass is 35.5. The van der Waals surface area contributed by atoms with Gasteiger partial charge in [-0.05, 0) is 6.07 Å². The molecule has 0 aliphatic carbocycles. The first-order valence-electron chi connectivity index (χ1n) is 4.08. The Bertz CT molecular complexity index is 386. The minimum Gasteiger partial charge on any atom is -0.508 e. The fourth-order valence-corrected chi connectivity index (χ4v) is 1.35. The van der Waals surface area contributed by atoms with Crippen LogP contribution in [0.4, 0.5) is 9.18 Å². The zero-order valence-corrected chi connectivity index (χ0v) is 8.38. The van der Waals surface area contributed by atoms with Crippen LogP contribution in [0.5, 0.6) is 5.75 Å². The molecule has 0 unspecified atom stereocenters. The van der Waals surface area contributed by atoms with Crippen molar-refractivity contribution in [1.82, 2.24) is 5.32 Å². The van der Waals surface area contributed by atoms with Gasteiger partial charge < -0.3 is 15.2 Å². The van der Waals surface area contributed by atoms with Crippen molar-refractivity contribution in [2.45, 2.75) is 6.04 Å². The Hall–Kier alpha value is -1.49. The van der Waals surface area contributed by atoms with Crippen LogP contribution in [0.25, 0.3) is 0 Å². The summed E-state index contributed by atoms with van der Waals surface area (Å²) in [7, 11) is 0. The average molecular weight is 234 g/mol. The molecule has 4 nitrogen and oxygen atoms in total. The largest absolute Gasteiger partial charge is 0.508 e. The smallest absolute Gasteiger partial charge is 0.407 e. The first-order valence-corrected chi connectivity index (χ1v) is 4.08. The van der Waals surface area contributed by atoms with Crippen molar-refractivity contribution in [1.29, 1.82) is 0 Å². The fourth-order valence-electron chi connectivity index (χ4n) is 1.35. The molecule has 1 aliphatic heterocycles. The Labute approximate surface area is 91.5 Å². The number of phenolic OH excluding ortho intramolecular Hbond substituents is 1. The number of hydrogen-bond donors (Lipinski definition) is 2. The van der Waals surface area contributed by atoms with E-state index < -0.39 is 18.0 Å². The first-order chi connectivity index (χ1) is 6.66. The first kappa shape index (κ1) is 11.6. The third-order valence-electron chi connectivity index (χ3n) is 2.03. The highest BCUT2D eigenvalue weighted by molar-refractivity contribution is 5.85. The normalized spacial score (nSPS) is 19.0. The van der Waals surface area contributed by atoms with Gasteiger partial charge in [0.25, 0.3) is 0 Å². The molecule has 0 spiro atoms. The molecule has 0 saturated carbocycles. The van der Waals surface area contributed by atoms with Gasteiger partial charge in [0.2, 0.25) is 0 Å². The highest BCUT2D eigenvalue weighted by Gasteiger charge is 2.26. The van der Waals surface area contributed by atoms with Gasteiger partial charge in [-0.1, -0.05) is 6.07 Å². The second-order valence-corrected chi connectivity index (χ2v) is 3.00. The van der Waals surface area contributed by atoms with Crippen molar-refractivity contribution in [3.63, 3.8) is 0 Å². The number of carbonyl (C=O) groups excluding carboxylic acids is 1. The Morgan fingerprint density at radius 3 is 2.80 bits per heavy atom. The number of carbonyl (C=O) groups is 1. The second-order valence-electron chi connectivity index (χ2n) is 3.00. The van der Waals surface area contributed by atoms with Crippen LogP contribution in [0.2, 0.25) is 0 Å². The lowest BCUT2D eigenvalue weighted by Crippen LogP contribution is -2.19. The molecule has 2 rings (SSSR count). The van der Waals surface area contributed by atoms with E-state index in [1.54, 1.807) is 0 Å². The summed E-state index contributed by atoms with van der Waals surface area (Å²) in [6, 6.07) is 3.32. The molecule has 2 N–H and O–H groups in total. The Kier molecular flexibility index (Phi) is 3.36. The Morgan fingerprint density at radius 1 is 1.53 bits per heavy atom. The molecule has 1 aliphatic rings. The average Bonchev–Trinajstić information content (AvgIpc) is 2.51. The molecule has 1 atom stereocenters. The van der Waals surface area contributed by atoms with Gasteiger partial charge in [0.1, 0.15) is 18.2 Å². The Morgan fingerprint density at radius 2 is 2.27 bits per heavy atom. The Balaban J connectivity index is 0.00000112. The fraction of sp³-hybridized carbons (Fsp3) is 0.222. The summed E-state index contributed by atoms with van der Waals surface area (Å²) in [5.74, 6) is -0.697. The molecule has 82 valence electrons. The van der Waals surface area contributed by atoms with Crippen LogP contribution in [-0.2, 0) is 4.74 Å². The van der Waals surface area contributed by atoms with Crippen molar-refractivity contribution in [2.24, 2.45) is 0 Å². The number of rotatable bonds is 1. The van der Waals surface area contributed by atoms with E-state index in [1.165, 1.54) is 12.1 Å². The number of cyclic esters (lactones) is 1. The van der Waals surface area contributed by atoms with Crippen molar-refractivity contribution in [3.05, 3.63) is 29.6 Å². The van der Waals surface area contributed by atoms with Gasteiger partial charge in [-0.15, -0.1) is 12.4 Å². The van der Waals surface area contributed by atoms with E-state index in [0.29, 0.717) is 5.56 Å². The topological polar surface area (TPSA) is 58.6 Å². The molecule has 1 fully saturated rings. The van der Waals surface area contributed by atoms with Crippen LogP contribution < -0.4 is 5.32 Å². The maximum absolute atomic E-state index is 13.3. The van der Waals surface area contributed by atoms with Crippen LogP contribution in [0.1, 0.15) is 11.6 Å². The van der Waals surface area contributed by atoms with Crippen LogP contribution >= 0.6 is 12.4 Å². The zero-order chi connectivity index (χ0) is 10.1. The number of aromatic hydroxyl groups is 1. The van der Waals surface area contributed by atoms with E-state index in [9.17, 15) is 9.18 Å². The van der Waals surface area contributed by atoms with E-state index in [2.05, 4.69) is 10.1 Å². The molecule has 0 aromatic heterocycles. The molecule has 15 heavy (non-hydrogen) atoms. The van der Waals surface area contributed by atoms with Gasteiger partial charge in [0.15, 0.2) is 0 Å². The van der Waals surface area contributed by atoms with E-state index >= 15 is 0 Å². The van der Waals surface area contributed by atoms with Gasteiger partial charge in [-0.3, -0.25) is 0 Å². The third-order valence-corrected chi connectivity index (χ3v) is 2.03. The monoisotopic (exact) mass is 233 g/mol. The lowest BCUT2D eigenvalue weighted by atomic mass is 10.1. The predicted molar refractivity (Wildman–Crippen MR) is 52.5 cm³/mol. The van der Waals surface area contributed by atoms with Gasteiger partial charge in [0, 0.05) is 11.6 Å². The number of benzene rings is 1. The maximum atomic E-state index is 13.3. The van der Waals surface area contributed by atoms with Gasteiger partial charge in [-0.25, -0.2) is 9.18 Å². The molecular formula is C9H9ClFNO3. The van der Waals surface area contributed by atoms with Crippen molar-refractivity contribution in [3.8, 4) is 5.75 Å². The van der Waals surface area contributed by atoms with Gasteiger partial charge in [0.05, 0.1) is 6.04 Å². The lowest BCUT2D eigenvalue weighted by molar-refractivity contribution is 0.176. The number of ether oxygens (including phenoxy) is 1. The maximum Gasteiger partial charge on any atom is 0.407 e. The molecule has 0 bridgehead atoms. The van der Waals surface area contributed by atoms with Gasteiger partial charge >= 0.3 is 6.09 Å². The number of amides is 1. The zero-order valence-electron chi connectivity index (χ0n) is 7.57. The molecule has 1 aromatic carbocycles. The number of nitrogens with one attached hydrogen (secondary N) is 1. The molecular weight excluding hydrogens is 225 g/mol. The summed E-state index contributed by atoms with van der Waals surface area (Å²) >= 11 is 0. The van der Waals surface area contributed by atoms with E-state index in [4.69, 9.17) is 5.11 Å². The SMILES string of the molecule is Cl.O=C1N[C@@H](c2ccc(O)cc2F)CO1. The van der Waals surface area contributed by atoms with E-state index in [-0.39, 0.29) is 24.8 Å². The van der Waals surface area contributed by atoms with Crippen LogP contribution in [0, 0.1) is 5.82 Å². The van der Waals surface area contributed by atoms with E-state index in [1.807, 2.05) is 0 Å². The standard InChI is InChI=1S/C9H8FNO3.ClH/c10-7-3-5(12)1-2-6(7)8-4-14-9(13)11-8;/h1-3,8,12H,4H2,(H,11,13);1H/t8-;/m1./s1. The third kappa shape index (κ3) is 2.30. The number of alkyl carbamates (subject to hydrolysis) is 1. The summed E-state index contributed by atoms with van der Waals surface area (Å²) in [5.41, 5.74) is 0.314. The quantitative estimate of drug-likeness (QED) is 0.777. The van der Waals surface area contributed by atoms with Crippen LogP contribution in [0.15, 0.2) is 18.2 Å². The molecule has 1 aromatic rings. The molecule has 6 heteroatoms. The molecule has 1 saturated heterocycles.